The molecule has 0 saturated carbocycles. The van der Waals surface area contributed by atoms with E-state index in [2.05, 4.69) is 53.2 Å². The number of rotatable bonds is 7. The number of nitrogens with zero attached hydrogens (tertiary/aromatic N) is 2. The maximum Gasteiger partial charge on any atom is 0.109 e. The summed E-state index contributed by atoms with van der Waals surface area (Å²) >= 11 is 6.16. The second-order valence-corrected chi connectivity index (χ2v) is 6.53. The maximum atomic E-state index is 6.16. The van der Waals surface area contributed by atoms with E-state index in [1.165, 1.54) is 11.3 Å². The summed E-state index contributed by atoms with van der Waals surface area (Å²) in [4.78, 5) is 4.73. The first-order valence-electron chi connectivity index (χ1n) is 8.63. The van der Waals surface area contributed by atoms with Gasteiger partial charge in [-0.3, -0.25) is 0 Å². The Morgan fingerprint density at radius 1 is 1.12 bits per heavy atom. The van der Waals surface area contributed by atoms with Crippen molar-refractivity contribution < 1.29 is 0 Å². The lowest BCUT2D eigenvalue weighted by molar-refractivity contribution is 0.611. The molecule has 3 nitrogen and oxygen atoms in total. The lowest BCUT2D eigenvalue weighted by Gasteiger charge is -2.10. The fourth-order valence-corrected chi connectivity index (χ4v) is 3.16. The van der Waals surface area contributed by atoms with E-state index in [9.17, 15) is 0 Å². The Bertz CT molecular complexity index is 823. The molecule has 1 aromatic heterocycles. The summed E-state index contributed by atoms with van der Waals surface area (Å²) in [6, 6.07) is 14.5. The summed E-state index contributed by atoms with van der Waals surface area (Å²) in [7, 11) is 0. The van der Waals surface area contributed by atoms with E-state index in [1.807, 2.05) is 13.0 Å². The minimum Gasteiger partial charge on any atom is -0.385 e. The highest BCUT2D eigenvalue weighted by Gasteiger charge is 2.08. The predicted octanol–water partition coefficient (Wildman–Crippen LogP) is 5.45. The molecule has 2 aromatic carbocycles. The molecule has 0 bridgehead atoms. The smallest absolute Gasteiger partial charge is 0.109 e. The molecular formula is C20H24ClN3. The monoisotopic (exact) mass is 341 g/mol. The van der Waals surface area contributed by atoms with E-state index >= 15 is 0 Å². The highest BCUT2D eigenvalue weighted by atomic mass is 35.5. The van der Waals surface area contributed by atoms with Gasteiger partial charge in [-0.1, -0.05) is 36.7 Å². The average molecular weight is 342 g/mol. The molecule has 0 saturated heterocycles. The van der Waals surface area contributed by atoms with Gasteiger partial charge in [-0.05, 0) is 49.6 Å². The van der Waals surface area contributed by atoms with Crippen molar-refractivity contribution in [1.29, 1.82) is 0 Å². The molecule has 0 unspecified atom stereocenters. The molecule has 0 atom stereocenters. The summed E-state index contributed by atoms with van der Waals surface area (Å²) < 4.78 is 2.36. The number of hydrogen-bond donors (Lipinski definition) is 1. The van der Waals surface area contributed by atoms with Crippen LogP contribution in [0.15, 0.2) is 42.5 Å². The van der Waals surface area contributed by atoms with Gasteiger partial charge in [0, 0.05) is 30.2 Å². The summed E-state index contributed by atoms with van der Waals surface area (Å²) in [6.07, 6.45) is 3.20. The predicted molar refractivity (Wildman–Crippen MR) is 103 cm³/mol. The lowest BCUT2D eigenvalue weighted by Crippen LogP contribution is -2.06. The van der Waals surface area contributed by atoms with E-state index < -0.39 is 0 Å². The van der Waals surface area contributed by atoms with Crippen molar-refractivity contribution in [3.63, 3.8) is 0 Å². The quantitative estimate of drug-likeness (QED) is 0.579. The van der Waals surface area contributed by atoms with Gasteiger partial charge in [-0.2, -0.15) is 0 Å². The molecule has 3 rings (SSSR count). The number of benzene rings is 2. The van der Waals surface area contributed by atoms with Crippen molar-refractivity contribution in [3.05, 3.63) is 58.9 Å². The minimum atomic E-state index is 0.817. The molecule has 1 N–H and O–H groups in total. The number of hydrogen-bond acceptors (Lipinski definition) is 2. The van der Waals surface area contributed by atoms with E-state index in [-0.39, 0.29) is 0 Å². The molecule has 1 heterocycles. The van der Waals surface area contributed by atoms with Crippen molar-refractivity contribution in [2.75, 3.05) is 11.9 Å². The van der Waals surface area contributed by atoms with Gasteiger partial charge in [0.25, 0.3) is 0 Å². The third-order valence-corrected chi connectivity index (χ3v) is 4.77. The molecule has 4 heteroatoms. The number of para-hydroxylation sites is 2. The van der Waals surface area contributed by atoms with Crippen LogP contribution in [0.3, 0.4) is 0 Å². The van der Waals surface area contributed by atoms with E-state index in [4.69, 9.17) is 16.6 Å². The van der Waals surface area contributed by atoms with E-state index in [0.29, 0.717) is 0 Å². The summed E-state index contributed by atoms with van der Waals surface area (Å²) in [5.41, 5.74) is 4.55. The largest absolute Gasteiger partial charge is 0.385 e. The maximum absolute atomic E-state index is 6.16. The van der Waals surface area contributed by atoms with Crippen LogP contribution in [0.1, 0.15) is 31.2 Å². The molecule has 0 amide bonds. The van der Waals surface area contributed by atoms with Crippen molar-refractivity contribution in [3.8, 4) is 0 Å². The molecule has 0 radical (unpaired) electrons. The highest BCUT2D eigenvalue weighted by Crippen LogP contribution is 2.20. The van der Waals surface area contributed by atoms with Gasteiger partial charge in [0.2, 0.25) is 0 Å². The van der Waals surface area contributed by atoms with Crippen LogP contribution in [0.2, 0.25) is 5.02 Å². The van der Waals surface area contributed by atoms with Crippen LogP contribution in [-0.4, -0.2) is 16.1 Å². The van der Waals surface area contributed by atoms with Crippen LogP contribution in [-0.2, 0) is 13.0 Å². The standard InChI is InChI=1S/C20H24ClN3/c1-3-20-23-18-8-4-5-9-19(18)24(20)13-7-6-12-22-16-11-10-15(2)17(21)14-16/h4-5,8-11,14,22H,3,6-7,12-13H2,1-2H3. The Morgan fingerprint density at radius 3 is 2.75 bits per heavy atom. The molecule has 0 aliphatic rings. The third kappa shape index (κ3) is 3.73. The van der Waals surface area contributed by atoms with E-state index in [1.54, 1.807) is 0 Å². The third-order valence-electron chi connectivity index (χ3n) is 4.36. The Morgan fingerprint density at radius 2 is 1.96 bits per heavy atom. The van der Waals surface area contributed by atoms with E-state index in [0.717, 1.165) is 54.1 Å². The molecule has 126 valence electrons. The number of nitrogens with one attached hydrogen (secondary N) is 1. The van der Waals surface area contributed by atoms with Crippen molar-refractivity contribution in [2.24, 2.45) is 0 Å². The summed E-state index contributed by atoms with van der Waals surface area (Å²) in [5.74, 6) is 1.18. The first kappa shape index (κ1) is 16.8. The van der Waals surface area contributed by atoms with Crippen LogP contribution in [0.5, 0.6) is 0 Å². The number of aryl methyl sites for hydroxylation is 3. The zero-order chi connectivity index (χ0) is 16.9. The Hall–Kier alpha value is -2.00. The van der Waals surface area contributed by atoms with Gasteiger partial charge >= 0.3 is 0 Å². The number of anilines is 1. The fraction of sp³-hybridized carbons (Fsp3) is 0.350. The van der Waals surface area contributed by atoms with Gasteiger partial charge in [-0.15, -0.1) is 0 Å². The van der Waals surface area contributed by atoms with Gasteiger partial charge in [0.1, 0.15) is 5.82 Å². The van der Waals surface area contributed by atoms with Crippen molar-refractivity contribution in [1.82, 2.24) is 9.55 Å². The first-order chi connectivity index (χ1) is 11.7. The van der Waals surface area contributed by atoms with Crippen LogP contribution < -0.4 is 5.32 Å². The van der Waals surface area contributed by atoms with Gasteiger partial charge in [0.15, 0.2) is 0 Å². The van der Waals surface area contributed by atoms with Gasteiger partial charge in [0.05, 0.1) is 11.0 Å². The van der Waals surface area contributed by atoms with Crippen LogP contribution in [0.4, 0.5) is 5.69 Å². The SMILES string of the molecule is CCc1nc2ccccc2n1CCCCNc1ccc(C)c(Cl)c1. The second-order valence-electron chi connectivity index (χ2n) is 6.12. The number of aromatic nitrogens is 2. The molecule has 3 aromatic rings. The number of fused-ring (bicyclic) bond motifs is 1. The molecule has 0 aliphatic heterocycles. The van der Waals surface area contributed by atoms with Crippen LogP contribution in [0.25, 0.3) is 11.0 Å². The zero-order valence-corrected chi connectivity index (χ0v) is 15.1. The minimum absolute atomic E-state index is 0.817. The lowest BCUT2D eigenvalue weighted by atomic mass is 10.2. The van der Waals surface area contributed by atoms with Gasteiger partial charge < -0.3 is 9.88 Å². The summed E-state index contributed by atoms with van der Waals surface area (Å²) in [6.45, 7) is 6.15. The van der Waals surface area contributed by atoms with Crippen LogP contribution >= 0.6 is 11.6 Å². The Labute approximate surface area is 148 Å². The molecule has 0 spiro atoms. The Kier molecular flexibility index (Phi) is 5.41. The molecule has 24 heavy (non-hydrogen) atoms. The fourth-order valence-electron chi connectivity index (χ4n) is 2.98. The molecular weight excluding hydrogens is 318 g/mol. The van der Waals surface area contributed by atoms with Crippen molar-refractivity contribution in [2.45, 2.75) is 39.7 Å². The average Bonchev–Trinajstić information content (AvgIpc) is 2.95. The summed E-state index contributed by atoms with van der Waals surface area (Å²) in [5, 5.41) is 4.27. The van der Waals surface area contributed by atoms with Crippen LogP contribution in [0, 0.1) is 6.92 Å². The normalized spacial score (nSPS) is 11.1. The topological polar surface area (TPSA) is 29.9 Å². The van der Waals surface area contributed by atoms with Crippen molar-refractivity contribution >= 4 is 28.3 Å². The zero-order valence-electron chi connectivity index (χ0n) is 14.3. The first-order valence-corrected chi connectivity index (χ1v) is 9.01. The molecule has 0 fully saturated rings. The Balaban J connectivity index is 1.54. The number of unbranched alkanes of at least 4 members (excludes halogenated alkanes) is 1. The van der Waals surface area contributed by atoms with Gasteiger partial charge in [-0.25, -0.2) is 4.98 Å². The number of halogens is 1. The molecule has 0 aliphatic carbocycles. The highest BCUT2D eigenvalue weighted by molar-refractivity contribution is 6.31. The number of imidazole rings is 1. The second kappa shape index (κ2) is 7.71.